The third-order valence-electron chi connectivity index (χ3n) is 3.57. The maximum atomic E-state index is 12.2. The molecule has 110 valence electrons. The van der Waals surface area contributed by atoms with Crippen LogP contribution in [0, 0.1) is 5.92 Å². The van der Waals surface area contributed by atoms with Gasteiger partial charge in [0, 0.05) is 6.04 Å². The van der Waals surface area contributed by atoms with Crippen LogP contribution in [0.15, 0.2) is 29.2 Å². The zero-order valence-electron chi connectivity index (χ0n) is 11.5. The summed E-state index contributed by atoms with van der Waals surface area (Å²) in [6.07, 6.45) is 0.758. The van der Waals surface area contributed by atoms with E-state index in [4.69, 9.17) is 0 Å². The Kier molecular flexibility index (Phi) is 4.42. The standard InChI is InChI=1S/C13H19N3O3S/c1-9-10(7-8-15-9)13(17)16-11-5-3-4-6-12(11)20(18,19)14-2/h3-6,9-10,14-15H,7-8H2,1-2H3,(H,16,17). The lowest BCUT2D eigenvalue weighted by Gasteiger charge is -2.16. The fourth-order valence-electron chi connectivity index (χ4n) is 2.36. The summed E-state index contributed by atoms with van der Waals surface area (Å²) in [6, 6.07) is 6.48. The first kappa shape index (κ1) is 15.0. The van der Waals surface area contributed by atoms with Gasteiger partial charge in [-0.15, -0.1) is 0 Å². The number of hydrogen-bond acceptors (Lipinski definition) is 4. The van der Waals surface area contributed by atoms with Gasteiger partial charge in [-0.3, -0.25) is 4.79 Å². The molecule has 7 heteroatoms. The molecule has 1 saturated heterocycles. The zero-order chi connectivity index (χ0) is 14.8. The van der Waals surface area contributed by atoms with Crippen LogP contribution >= 0.6 is 0 Å². The molecule has 0 bridgehead atoms. The molecule has 1 aromatic carbocycles. The van der Waals surface area contributed by atoms with E-state index < -0.39 is 10.0 Å². The predicted molar refractivity (Wildman–Crippen MR) is 76.9 cm³/mol. The average Bonchev–Trinajstić information content (AvgIpc) is 2.85. The molecule has 1 aliphatic heterocycles. The molecule has 1 heterocycles. The molecule has 1 amide bonds. The summed E-state index contributed by atoms with van der Waals surface area (Å²) in [5.74, 6) is -0.290. The molecule has 0 radical (unpaired) electrons. The van der Waals surface area contributed by atoms with Gasteiger partial charge in [-0.2, -0.15) is 0 Å². The highest BCUT2D eigenvalue weighted by Crippen LogP contribution is 2.23. The number of hydrogen-bond donors (Lipinski definition) is 3. The van der Waals surface area contributed by atoms with Crippen LogP contribution < -0.4 is 15.4 Å². The zero-order valence-corrected chi connectivity index (χ0v) is 12.3. The van der Waals surface area contributed by atoms with Crippen molar-refractivity contribution in [2.45, 2.75) is 24.3 Å². The number of rotatable bonds is 4. The first-order valence-corrected chi connectivity index (χ1v) is 8.01. The van der Waals surface area contributed by atoms with E-state index in [-0.39, 0.29) is 22.8 Å². The van der Waals surface area contributed by atoms with E-state index in [1.54, 1.807) is 18.2 Å². The van der Waals surface area contributed by atoms with Crippen LogP contribution in [0.1, 0.15) is 13.3 Å². The van der Waals surface area contributed by atoms with E-state index in [2.05, 4.69) is 15.4 Å². The molecule has 2 atom stereocenters. The third kappa shape index (κ3) is 3.00. The molecule has 3 N–H and O–H groups in total. The van der Waals surface area contributed by atoms with Gasteiger partial charge < -0.3 is 10.6 Å². The first-order valence-electron chi connectivity index (χ1n) is 6.52. The average molecular weight is 297 g/mol. The maximum Gasteiger partial charge on any atom is 0.242 e. The van der Waals surface area contributed by atoms with Crippen molar-refractivity contribution in [3.8, 4) is 0 Å². The van der Waals surface area contributed by atoms with Gasteiger partial charge >= 0.3 is 0 Å². The number of para-hydroxylation sites is 1. The minimum Gasteiger partial charge on any atom is -0.325 e. The summed E-state index contributed by atoms with van der Waals surface area (Å²) in [7, 11) is -2.25. The van der Waals surface area contributed by atoms with Crippen LogP contribution in [0.2, 0.25) is 0 Å². The highest BCUT2D eigenvalue weighted by atomic mass is 32.2. The lowest BCUT2D eigenvalue weighted by molar-refractivity contribution is -0.120. The van der Waals surface area contributed by atoms with Crippen molar-refractivity contribution < 1.29 is 13.2 Å². The molecule has 0 saturated carbocycles. The number of amides is 1. The normalized spacial score (nSPS) is 22.7. The van der Waals surface area contributed by atoms with E-state index in [1.807, 2.05) is 6.92 Å². The van der Waals surface area contributed by atoms with Crippen molar-refractivity contribution in [1.29, 1.82) is 0 Å². The molecule has 1 aliphatic rings. The summed E-state index contributed by atoms with van der Waals surface area (Å²) in [4.78, 5) is 12.3. The second-order valence-corrected chi connectivity index (χ2v) is 6.69. The number of sulfonamides is 1. The van der Waals surface area contributed by atoms with Crippen molar-refractivity contribution in [3.05, 3.63) is 24.3 Å². The van der Waals surface area contributed by atoms with Gasteiger partial charge in [0.15, 0.2) is 0 Å². The van der Waals surface area contributed by atoms with E-state index in [0.29, 0.717) is 5.69 Å². The Hall–Kier alpha value is -1.44. The fourth-order valence-corrected chi connectivity index (χ4v) is 3.24. The number of nitrogens with one attached hydrogen (secondary N) is 3. The Labute approximate surface area is 119 Å². The largest absolute Gasteiger partial charge is 0.325 e. The topological polar surface area (TPSA) is 87.3 Å². The van der Waals surface area contributed by atoms with E-state index in [0.717, 1.165) is 13.0 Å². The molecule has 0 aromatic heterocycles. The fraction of sp³-hybridized carbons (Fsp3) is 0.462. The Morgan fingerprint density at radius 3 is 2.65 bits per heavy atom. The lowest BCUT2D eigenvalue weighted by atomic mass is 10.0. The van der Waals surface area contributed by atoms with Crippen LogP contribution in [0.4, 0.5) is 5.69 Å². The van der Waals surface area contributed by atoms with E-state index >= 15 is 0 Å². The minimum atomic E-state index is -3.59. The molecule has 2 unspecified atom stereocenters. The molecular formula is C13H19N3O3S. The Bertz CT molecular complexity index is 601. The lowest BCUT2D eigenvalue weighted by Crippen LogP contribution is -2.32. The van der Waals surface area contributed by atoms with E-state index in [1.165, 1.54) is 13.1 Å². The van der Waals surface area contributed by atoms with Gasteiger partial charge in [0.05, 0.1) is 11.6 Å². The number of carbonyl (C=O) groups excluding carboxylic acids is 1. The quantitative estimate of drug-likeness (QED) is 0.756. The van der Waals surface area contributed by atoms with Gasteiger partial charge in [0.2, 0.25) is 15.9 Å². The molecule has 1 fully saturated rings. The second kappa shape index (κ2) is 5.90. The highest BCUT2D eigenvalue weighted by molar-refractivity contribution is 7.89. The second-order valence-electron chi connectivity index (χ2n) is 4.83. The van der Waals surface area contributed by atoms with Crippen LogP contribution in [-0.4, -0.2) is 34.0 Å². The SMILES string of the molecule is CNS(=O)(=O)c1ccccc1NC(=O)C1CCNC1C. The molecular weight excluding hydrogens is 278 g/mol. The molecule has 1 aromatic rings. The van der Waals surface area contributed by atoms with Gasteiger partial charge in [-0.25, -0.2) is 13.1 Å². The van der Waals surface area contributed by atoms with Crippen LogP contribution in [0.25, 0.3) is 0 Å². The summed E-state index contributed by atoms with van der Waals surface area (Å²) in [6.45, 7) is 2.75. The summed E-state index contributed by atoms with van der Waals surface area (Å²) in [5.41, 5.74) is 0.311. The summed E-state index contributed by atoms with van der Waals surface area (Å²) >= 11 is 0. The van der Waals surface area contributed by atoms with E-state index in [9.17, 15) is 13.2 Å². The third-order valence-corrected chi connectivity index (χ3v) is 5.04. The monoisotopic (exact) mass is 297 g/mol. The number of anilines is 1. The maximum absolute atomic E-state index is 12.2. The van der Waals surface area contributed by atoms with Crippen molar-refractivity contribution in [2.75, 3.05) is 18.9 Å². The highest BCUT2D eigenvalue weighted by Gasteiger charge is 2.30. The Morgan fingerprint density at radius 1 is 1.35 bits per heavy atom. The van der Waals surface area contributed by atoms with Crippen molar-refractivity contribution in [2.24, 2.45) is 5.92 Å². The Balaban J connectivity index is 2.24. The van der Waals surface area contributed by atoms with Crippen LogP contribution in [-0.2, 0) is 14.8 Å². The molecule has 0 spiro atoms. The minimum absolute atomic E-state index is 0.0782. The van der Waals surface area contributed by atoms with Gasteiger partial charge in [-0.05, 0) is 39.1 Å². The van der Waals surface area contributed by atoms with Crippen LogP contribution in [0.5, 0.6) is 0 Å². The van der Waals surface area contributed by atoms with Gasteiger partial charge in [0.1, 0.15) is 4.90 Å². The van der Waals surface area contributed by atoms with Gasteiger partial charge in [0.25, 0.3) is 0 Å². The predicted octanol–water partition coefficient (Wildman–Crippen LogP) is 0.531. The first-order chi connectivity index (χ1) is 9.45. The molecule has 0 aliphatic carbocycles. The molecule has 6 nitrogen and oxygen atoms in total. The summed E-state index contributed by atoms with van der Waals surface area (Å²) in [5, 5.41) is 5.93. The summed E-state index contributed by atoms with van der Waals surface area (Å²) < 4.78 is 26.1. The van der Waals surface area contributed by atoms with Crippen LogP contribution in [0.3, 0.4) is 0 Å². The smallest absolute Gasteiger partial charge is 0.242 e. The van der Waals surface area contributed by atoms with Crippen molar-refractivity contribution in [3.63, 3.8) is 0 Å². The van der Waals surface area contributed by atoms with Crippen molar-refractivity contribution >= 4 is 21.6 Å². The number of carbonyl (C=O) groups is 1. The number of benzene rings is 1. The van der Waals surface area contributed by atoms with Crippen molar-refractivity contribution in [1.82, 2.24) is 10.0 Å². The molecule has 2 rings (SSSR count). The van der Waals surface area contributed by atoms with Gasteiger partial charge in [-0.1, -0.05) is 12.1 Å². The molecule has 20 heavy (non-hydrogen) atoms. The Morgan fingerprint density at radius 2 is 2.05 bits per heavy atom.